The lowest BCUT2D eigenvalue weighted by Crippen LogP contribution is -2.35. The molecule has 21 heavy (non-hydrogen) atoms. The van der Waals surface area contributed by atoms with Crippen LogP contribution in [0.3, 0.4) is 0 Å². The van der Waals surface area contributed by atoms with Crippen LogP contribution in [0.1, 0.15) is 46.1 Å². The molecule has 4 heteroatoms. The fourth-order valence-electron chi connectivity index (χ4n) is 2.31. The molecule has 1 aromatic rings. The van der Waals surface area contributed by atoms with E-state index in [1.165, 1.54) is 5.56 Å². The van der Waals surface area contributed by atoms with Crippen LogP contribution in [0.25, 0.3) is 0 Å². The van der Waals surface area contributed by atoms with E-state index in [1.807, 2.05) is 19.9 Å². The lowest BCUT2D eigenvalue weighted by atomic mass is 9.84. The van der Waals surface area contributed by atoms with E-state index < -0.39 is 0 Å². The van der Waals surface area contributed by atoms with Crippen molar-refractivity contribution >= 4 is 5.84 Å². The highest BCUT2D eigenvalue weighted by molar-refractivity contribution is 5.85. The summed E-state index contributed by atoms with van der Waals surface area (Å²) in [6, 6.07) is 10.5. The molecule has 0 unspecified atom stereocenters. The van der Waals surface area contributed by atoms with Crippen LogP contribution in [0.4, 0.5) is 0 Å². The average Bonchev–Trinajstić information content (AvgIpc) is 2.46. The largest absolute Gasteiger partial charge is 0.409 e. The van der Waals surface area contributed by atoms with Gasteiger partial charge in [0.2, 0.25) is 0 Å². The number of hydrogen-bond acceptors (Lipinski definition) is 3. The van der Waals surface area contributed by atoms with Crippen LogP contribution >= 0.6 is 0 Å². The molecule has 0 bridgehead atoms. The highest BCUT2D eigenvalue weighted by Crippen LogP contribution is 2.23. The van der Waals surface area contributed by atoms with Crippen LogP contribution in [-0.4, -0.2) is 24.1 Å². The number of hydrogen-bond donors (Lipinski definition) is 3. The molecule has 0 saturated carbocycles. The number of rotatable bonds is 8. The minimum absolute atomic E-state index is 0.113. The summed E-state index contributed by atoms with van der Waals surface area (Å²) in [5, 5.41) is 15.4. The summed E-state index contributed by atoms with van der Waals surface area (Å²) in [6.07, 6.45) is 1.88. The molecule has 0 aliphatic heterocycles. The fraction of sp³-hybridized carbons (Fsp3) is 0.588. The van der Waals surface area contributed by atoms with Gasteiger partial charge in [0.1, 0.15) is 5.84 Å². The maximum absolute atomic E-state index is 8.75. The van der Waals surface area contributed by atoms with E-state index in [1.54, 1.807) is 0 Å². The van der Waals surface area contributed by atoms with Crippen molar-refractivity contribution in [1.29, 1.82) is 0 Å². The van der Waals surface area contributed by atoms with Gasteiger partial charge in [-0.25, -0.2) is 0 Å². The highest BCUT2D eigenvalue weighted by Gasteiger charge is 2.23. The Morgan fingerprint density at radius 3 is 2.38 bits per heavy atom. The highest BCUT2D eigenvalue weighted by atomic mass is 16.4. The minimum atomic E-state index is -0.259. The van der Waals surface area contributed by atoms with Crippen molar-refractivity contribution in [2.45, 2.75) is 46.0 Å². The molecule has 4 nitrogen and oxygen atoms in total. The van der Waals surface area contributed by atoms with E-state index in [4.69, 9.17) is 10.9 Å². The van der Waals surface area contributed by atoms with E-state index >= 15 is 0 Å². The van der Waals surface area contributed by atoms with Crippen LogP contribution in [0.5, 0.6) is 0 Å². The Kier molecular flexibility index (Phi) is 6.21. The molecule has 4 N–H and O–H groups in total. The summed E-state index contributed by atoms with van der Waals surface area (Å²) in [6.45, 7) is 10.3. The lowest BCUT2D eigenvalue weighted by Gasteiger charge is -2.27. The third kappa shape index (κ3) is 5.38. The number of oxime groups is 1. The molecular formula is C17H29N3O. The first-order valence-corrected chi connectivity index (χ1v) is 7.54. The van der Waals surface area contributed by atoms with Gasteiger partial charge in [0.15, 0.2) is 0 Å². The summed E-state index contributed by atoms with van der Waals surface area (Å²) >= 11 is 0. The summed E-state index contributed by atoms with van der Waals surface area (Å²) in [5.41, 5.74) is 6.89. The Hall–Kier alpha value is -1.55. The van der Waals surface area contributed by atoms with Crippen LogP contribution in [0.15, 0.2) is 35.5 Å². The molecule has 0 atom stereocenters. The standard InChI is InChI=1S/C17H29N3O/c1-16(2,15(18)20-21)11-8-12-19-13-17(3,4)14-9-6-5-7-10-14/h5-7,9-10,19,21H,8,11-13H2,1-4H3,(H2,18,20). The van der Waals surface area contributed by atoms with E-state index in [9.17, 15) is 0 Å². The number of nitrogens with one attached hydrogen (secondary N) is 1. The van der Waals surface area contributed by atoms with Crippen molar-refractivity contribution in [1.82, 2.24) is 5.32 Å². The quantitative estimate of drug-likeness (QED) is 0.227. The smallest absolute Gasteiger partial charge is 0.144 e. The summed E-state index contributed by atoms with van der Waals surface area (Å²) in [5.74, 6) is 0.298. The maximum atomic E-state index is 8.75. The minimum Gasteiger partial charge on any atom is -0.409 e. The molecule has 0 aromatic heterocycles. The van der Waals surface area contributed by atoms with Gasteiger partial charge in [-0.3, -0.25) is 0 Å². The van der Waals surface area contributed by atoms with E-state index in [2.05, 4.69) is 48.6 Å². The molecule has 0 saturated heterocycles. The third-order valence-electron chi connectivity index (χ3n) is 4.08. The van der Waals surface area contributed by atoms with Crippen molar-refractivity contribution in [3.8, 4) is 0 Å². The maximum Gasteiger partial charge on any atom is 0.144 e. The molecule has 118 valence electrons. The normalized spacial score (nSPS) is 13.4. The van der Waals surface area contributed by atoms with E-state index in [0.717, 1.165) is 25.9 Å². The summed E-state index contributed by atoms with van der Waals surface area (Å²) < 4.78 is 0. The van der Waals surface area contributed by atoms with Crippen molar-refractivity contribution in [3.63, 3.8) is 0 Å². The zero-order valence-electron chi connectivity index (χ0n) is 13.7. The van der Waals surface area contributed by atoms with Crippen molar-refractivity contribution in [2.75, 3.05) is 13.1 Å². The van der Waals surface area contributed by atoms with Crippen molar-refractivity contribution < 1.29 is 5.21 Å². The Bertz CT molecular complexity index is 452. The first-order valence-electron chi connectivity index (χ1n) is 7.54. The number of amidine groups is 1. The molecule has 0 aliphatic rings. The molecular weight excluding hydrogens is 262 g/mol. The van der Waals surface area contributed by atoms with Gasteiger partial charge in [-0.15, -0.1) is 0 Å². The summed E-state index contributed by atoms with van der Waals surface area (Å²) in [7, 11) is 0. The number of benzene rings is 1. The van der Waals surface area contributed by atoms with Gasteiger partial charge in [0, 0.05) is 17.4 Å². The van der Waals surface area contributed by atoms with E-state index in [0.29, 0.717) is 5.84 Å². The van der Waals surface area contributed by atoms with Gasteiger partial charge in [-0.1, -0.05) is 63.2 Å². The second kappa shape index (κ2) is 7.46. The van der Waals surface area contributed by atoms with Crippen LogP contribution in [-0.2, 0) is 5.41 Å². The predicted molar refractivity (Wildman–Crippen MR) is 88.8 cm³/mol. The topological polar surface area (TPSA) is 70.6 Å². The zero-order valence-corrected chi connectivity index (χ0v) is 13.7. The number of nitrogens with zero attached hydrogens (tertiary/aromatic N) is 1. The van der Waals surface area contributed by atoms with Gasteiger partial charge >= 0.3 is 0 Å². The molecule has 0 fully saturated rings. The molecule has 0 amide bonds. The predicted octanol–water partition coefficient (Wildman–Crippen LogP) is 3.11. The molecule has 1 rings (SSSR count). The first kappa shape index (κ1) is 17.5. The SMILES string of the molecule is CC(C)(CCCNCC(C)(C)c1ccccc1)C(N)=NO. The fourth-order valence-corrected chi connectivity index (χ4v) is 2.31. The van der Waals surface area contributed by atoms with Crippen molar-refractivity contribution in [2.24, 2.45) is 16.3 Å². The second-order valence-corrected chi connectivity index (χ2v) is 6.90. The lowest BCUT2D eigenvalue weighted by molar-refractivity contribution is 0.304. The van der Waals surface area contributed by atoms with Gasteiger partial charge < -0.3 is 16.3 Å². The van der Waals surface area contributed by atoms with Crippen LogP contribution < -0.4 is 11.1 Å². The molecule has 0 heterocycles. The van der Waals surface area contributed by atoms with Gasteiger partial charge in [-0.05, 0) is 24.9 Å². The third-order valence-corrected chi connectivity index (χ3v) is 4.08. The van der Waals surface area contributed by atoms with Crippen LogP contribution in [0.2, 0.25) is 0 Å². The molecule has 0 spiro atoms. The van der Waals surface area contributed by atoms with Gasteiger partial charge in [0.25, 0.3) is 0 Å². The monoisotopic (exact) mass is 291 g/mol. The molecule has 0 radical (unpaired) electrons. The van der Waals surface area contributed by atoms with E-state index in [-0.39, 0.29) is 10.8 Å². The Morgan fingerprint density at radius 2 is 1.81 bits per heavy atom. The Balaban J connectivity index is 2.35. The zero-order chi connectivity index (χ0) is 15.9. The van der Waals surface area contributed by atoms with Crippen molar-refractivity contribution in [3.05, 3.63) is 35.9 Å². The molecule has 1 aromatic carbocycles. The van der Waals surface area contributed by atoms with Gasteiger partial charge in [-0.2, -0.15) is 0 Å². The van der Waals surface area contributed by atoms with Gasteiger partial charge in [0.05, 0.1) is 0 Å². The second-order valence-electron chi connectivity index (χ2n) is 6.90. The first-order chi connectivity index (χ1) is 9.79. The number of nitrogens with two attached hydrogens (primary N) is 1. The van der Waals surface area contributed by atoms with Crippen LogP contribution in [0, 0.1) is 5.41 Å². The Labute approximate surface area is 128 Å². The average molecular weight is 291 g/mol. The Morgan fingerprint density at radius 1 is 1.19 bits per heavy atom. The molecule has 0 aliphatic carbocycles. The summed E-state index contributed by atoms with van der Waals surface area (Å²) in [4.78, 5) is 0.